The molecule has 0 saturated carbocycles. The van der Waals surface area contributed by atoms with E-state index in [0.717, 1.165) is 24.1 Å². The molecule has 0 saturated heterocycles. The van der Waals surface area contributed by atoms with Gasteiger partial charge in [-0.1, -0.05) is 6.07 Å². The highest BCUT2D eigenvalue weighted by atomic mass is 32.2. The molecule has 182 valence electrons. The van der Waals surface area contributed by atoms with Crippen LogP contribution in [0, 0.1) is 30.3 Å². The maximum Gasteiger partial charge on any atom is 0.238 e. The van der Waals surface area contributed by atoms with Crippen molar-refractivity contribution in [3.05, 3.63) is 87.5 Å². The van der Waals surface area contributed by atoms with Crippen LogP contribution in [0.3, 0.4) is 0 Å². The number of allylic oxidation sites excluding steroid dienone is 3. The Balaban J connectivity index is 0.00000281. The highest BCUT2D eigenvalue weighted by molar-refractivity contribution is 8.04. The van der Waals surface area contributed by atoms with Gasteiger partial charge >= 0.3 is 0 Å². The maximum absolute atomic E-state index is 14.2. The molecule has 34 heavy (non-hydrogen) atoms. The van der Waals surface area contributed by atoms with Crippen LogP contribution in [-0.4, -0.2) is 26.7 Å². The van der Waals surface area contributed by atoms with Crippen molar-refractivity contribution in [1.29, 1.82) is 0 Å². The number of terminal acetylenes is 1. The molecule has 0 aromatic heterocycles. The summed E-state index contributed by atoms with van der Waals surface area (Å²) >= 11 is 1.15. The smallest absolute Gasteiger partial charge is 0.238 e. The number of carbonyl (C=O) groups excluding carboxylic acids is 1. The number of primary amides is 1. The number of ether oxygens (including phenoxy) is 2. The molecule has 0 unspecified atom stereocenters. The first kappa shape index (κ1) is 28.5. The lowest BCUT2D eigenvalue weighted by atomic mass is 10.0. The molecule has 0 radical (unpaired) electrons. The lowest BCUT2D eigenvalue weighted by Crippen LogP contribution is -2.29. The van der Waals surface area contributed by atoms with Gasteiger partial charge in [-0.3, -0.25) is 4.79 Å². The number of carbonyl (C=O) groups is 1. The number of hydrogen-bond donors (Lipinski definition) is 1. The van der Waals surface area contributed by atoms with Crippen LogP contribution in [0.1, 0.15) is 25.0 Å². The molecule has 2 N–H and O–H groups in total. The van der Waals surface area contributed by atoms with Crippen molar-refractivity contribution in [3.8, 4) is 12.8 Å². The number of nitrogens with two attached hydrogens (primary N) is 1. The fraction of sp³-hybridized carbons (Fsp3) is 0.240. The van der Waals surface area contributed by atoms with Gasteiger partial charge in [0.25, 0.3) is 0 Å². The molecular formula is C25H27F3N2O3S. The standard InChI is InChI=1S/C23H25F3N2O3S.C2H2/c1-14(10-22(31-4)15(2)30-3)32-28(13-23(27)29)21-9-8-17(24)11-16(21)12-18-19(25)6-5-7-20(18)26;1-2/h5-11H,12-13H2,1-4H3,(H2,27,29);1-2H/b14-10+,22-15-;. The first-order valence-electron chi connectivity index (χ1n) is 9.91. The fourth-order valence-electron chi connectivity index (χ4n) is 2.93. The average Bonchev–Trinajstić information content (AvgIpc) is 2.80. The number of amides is 1. The van der Waals surface area contributed by atoms with E-state index in [1.165, 1.54) is 42.8 Å². The molecule has 0 fully saturated rings. The molecule has 0 heterocycles. The van der Waals surface area contributed by atoms with Gasteiger partial charge in [0.15, 0.2) is 5.76 Å². The summed E-state index contributed by atoms with van der Waals surface area (Å²) in [6.07, 6.45) is 9.49. The minimum Gasteiger partial charge on any atom is -0.498 e. The van der Waals surface area contributed by atoms with E-state index in [1.54, 1.807) is 19.9 Å². The summed E-state index contributed by atoms with van der Waals surface area (Å²) in [7, 11) is 3.01. The minimum absolute atomic E-state index is 0.198. The van der Waals surface area contributed by atoms with Gasteiger partial charge < -0.3 is 19.5 Å². The third-order valence-corrected chi connectivity index (χ3v) is 5.45. The summed E-state index contributed by atoms with van der Waals surface area (Å²) < 4.78 is 54.5. The van der Waals surface area contributed by atoms with E-state index in [1.807, 2.05) is 0 Å². The summed E-state index contributed by atoms with van der Waals surface area (Å²) in [5.74, 6) is -1.66. The third kappa shape index (κ3) is 8.12. The summed E-state index contributed by atoms with van der Waals surface area (Å²) in [4.78, 5) is 12.4. The van der Waals surface area contributed by atoms with Gasteiger partial charge in [0.1, 0.15) is 29.8 Å². The van der Waals surface area contributed by atoms with Crippen LogP contribution in [0.25, 0.3) is 0 Å². The molecule has 5 nitrogen and oxygen atoms in total. The molecule has 0 aliphatic heterocycles. The topological polar surface area (TPSA) is 64.8 Å². The Morgan fingerprint density at radius 3 is 2.24 bits per heavy atom. The summed E-state index contributed by atoms with van der Waals surface area (Å²) in [6.45, 7) is 3.29. The number of rotatable bonds is 10. The molecule has 2 aromatic carbocycles. The van der Waals surface area contributed by atoms with E-state index in [2.05, 4.69) is 12.8 Å². The SMILES string of the molecule is C#C.CO/C(C)=C(/C=C(\C)SN(CC(N)=O)c1ccc(F)cc1Cc1c(F)cccc1F)OC. The molecule has 0 atom stereocenters. The highest BCUT2D eigenvalue weighted by Crippen LogP contribution is 2.33. The van der Waals surface area contributed by atoms with Gasteiger partial charge in [-0.15, -0.1) is 12.8 Å². The first-order chi connectivity index (χ1) is 16.2. The Bertz CT molecular complexity index is 1060. The second-order valence-corrected chi connectivity index (χ2v) is 8.10. The zero-order valence-electron chi connectivity index (χ0n) is 19.4. The van der Waals surface area contributed by atoms with E-state index in [4.69, 9.17) is 15.2 Å². The Morgan fingerprint density at radius 1 is 1.09 bits per heavy atom. The number of halogens is 3. The summed E-state index contributed by atoms with van der Waals surface area (Å²) in [6, 6.07) is 7.37. The first-order valence-corrected chi connectivity index (χ1v) is 10.7. The molecule has 1 amide bonds. The lowest BCUT2D eigenvalue weighted by molar-refractivity contribution is -0.116. The van der Waals surface area contributed by atoms with Gasteiger partial charge in [-0.05, 0) is 67.8 Å². The van der Waals surface area contributed by atoms with Gasteiger partial charge in [-0.2, -0.15) is 0 Å². The predicted molar refractivity (Wildman–Crippen MR) is 130 cm³/mol. The van der Waals surface area contributed by atoms with Crippen LogP contribution in [0.5, 0.6) is 0 Å². The maximum atomic E-state index is 14.2. The van der Waals surface area contributed by atoms with E-state index in [-0.39, 0.29) is 18.5 Å². The van der Waals surface area contributed by atoms with Crippen molar-refractivity contribution in [2.45, 2.75) is 20.3 Å². The second kappa shape index (κ2) is 13.9. The number of methoxy groups -OCH3 is 2. The number of nitrogens with zero attached hydrogens (tertiary/aromatic N) is 1. The van der Waals surface area contributed by atoms with Crippen LogP contribution in [0.15, 0.2) is 58.9 Å². The molecule has 2 rings (SSSR count). The fourth-order valence-corrected chi connectivity index (χ4v) is 3.90. The highest BCUT2D eigenvalue weighted by Gasteiger charge is 2.19. The molecule has 0 aliphatic rings. The zero-order chi connectivity index (χ0) is 25.8. The van der Waals surface area contributed by atoms with Crippen molar-refractivity contribution in [2.24, 2.45) is 5.73 Å². The van der Waals surface area contributed by atoms with Crippen molar-refractivity contribution >= 4 is 23.5 Å². The van der Waals surface area contributed by atoms with Gasteiger partial charge in [0.05, 0.1) is 19.9 Å². The van der Waals surface area contributed by atoms with Crippen LogP contribution in [-0.2, 0) is 20.7 Å². The molecule has 2 aromatic rings. The van der Waals surface area contributed by atoms with E-state index in [0.29, 0.717) is 27.7 Å². The van der Waals surface area contributed by atoms with Crippen molar-refractivity contribution in [3.63, 3.8) is 0 Å². The Hall–Kier alpha value is -3.51. The van der Waals surface area contributed by atoms with Crippen molar-refractivity contribution in [2.75, 3.05) is 25.1 Å². The van der Waals surface area contributed by atoms with Gasteiger partial charge in [-0.25, -0.2) is 13.2 Å². The van der Waals surface area contributed by atoms with Crippen molar-refractivity contribution < 1.29 is 27.4 Å². The van der Waals surface area contributed by atoms with E-state index < -0.39 is 23.4 Å². The summed E-state index contributed by atoms with van der Waals surface area (Å²) in [5, 5.41) is 0. The minimum atomic E-state index is -0.740. The number of benzene rings is 2. The molecule has 0 spiro atoms. The Morgan fingerprint density at radius 2 is 1.71 bits per heavy atom. The quantitative estimate of drug-likeness (QED) is 0.211. The normalized spacial score (nSPS) is 11.6. The second-order valence-electron chi connectivity index (χ2n) is 6.83. The summed E-state index contributed by atoms with van der Waals surface area (Å²) in [5.41, 5.74) is 5.92. The predicted octanol–water partition coefficient (Wildman–Crippen LogP) is 5.31. The Labute approximate surface area is 202 Å². The van der Waals surface area contributed by atoms with Gasteiger partial charge in [0, 0.05) is 16.9 Å². The monoisotopic (exact) mass is 492 g/mol. The number of anilines is 1. The van der Waals surface area contributed by atoms with Gasteiger partial charge in [0.2, 0.25) is 5.91 Å². The van der Waals surface area contributed by atoms with Crippen LogP contribution in [0.4, 0.5) is 18.9 Å². The molecule has 9 heteroatoms. The largest absolute Gasteiger partial charge is 0.498 e. The Kier molecular flexibility index (Phi) is 11.7. The number of hydrogen-bond acceptors (Lipinski definition) is 5. The third-order valence-electron chi connectivity index (χ3n) is 4.50. The molecule has 0 aliphatic carbocycles. The van der Waals surface area contributed by atoms with E-state index in [9.17, 15) is 18.0 Å². The van der Waals surface area contributed by atoms with Crippen LogP contribution >= 0.6 is 11.9 Å². The molecular weight excluding hydrogens is 465 g/mol. The van der Waals surface area contributed by atoms with Crippen molar-refractivity contribution in [1.82, 2.24) is 0 Å². The zero-order valence-corrected chi connectivity index (χ0v) is 20.2. The van der Waals surface area contributed by atoms with Crippen LogP contribution < -0.4 is 10.0 Å². The van der Waals surface area contributed by atoms with E-state index >= 15 is 0 Å². The van der Waals surface area contributed by atoms with Crippen LogP contribution in [0.2, 0.25) is 0 Å². The average molecular weight is 493 g/mol. The lowest BCUT2D eigenvalue weighted by Gasteiger charge is -2.25. The molecule has 0 bridgehead atoms.